The number of rotatable bonds is 6. The lowest BCUT2D eigenvalue weighted by molar-refractivity contribution is 0.649. The molecule has 5 nitrogen and oxygen atoms in total. The van der Waals surface area contributed by atoms with Gasteiger partial charge in [0.05, 0.1) is 51.6 Å². The molecule has 1 atom stereocenters. The molecule has 0 aliphatic heterocycles. The van der Waals surface area contributed by atoms with E-state index in [1.54, 1.807) is 0 Å². The molecule has 2 aliphatic carbocycles. The lowest BCUT2D eigenvalue weighted by Crippen LogP contribution is -2.08. The molecule has 0 fully saturated rings. The molecule has 0 N–H and O–H groups in total. The summed E-state index contributed by atoms with van der Waals surface area (Å²) in [7, 11) is 0. The van der Waals surface area contributed by atoms with E-state index in [1.807, 2.05) is 43.3 Å². The molecule has 0 saturated carbocycles. The second-order valence-electron chi connectivity index (χ2n) is 13.0. The highest BCUT2D eigenvalue weighted by molar-refractivity contribution is 6.08. The summed E-state index contributed by atoms with van der Waals surface area (Å²) in [6.45, 7) is 6.24. The Morgan fingerprint density at radius 3 is 2.41 bits per heavy atom. The van der Waals surface area contributed by atoms with Crippen molar-refractivity contribution in [2.45, 2.75) is 32.2 Å². The lowest BCUT2D eigenvalue weighted by atomic mass is 9.92. The highest BCUT2D eigenvalue weighted by Gasteiger charge is 2.24. The van der Waals surface area contributed by atoms with Crippen molar-refractivity contribution in [3.63, 3.8) is 0 Å². The van der Waals surface area contributed by atoms with E-state index in [2.05, 4.69) is 125 Å². The highest BCUT2D eigenvalue weighted by Crippen LogP contribution is 2.40. The zero-order chi connectivity index (χ0) is 35.1. The number of aromatic nitrogens is 2. The van der Waals surface area contributed by atoms with Crippen molar-refractivity contribution in [1.29, 1.82) is 15.8 Å². The Balaban J connectivity index is 1.23. The van der Waals surface area contributed by atoms with Crippen LogP contribution in [0.2, 0.25) is 0 Å². The van der Waals surface area contributed by atoms with Gasteiger partial charge in [0.25, 0.3) is 0 Å². The van der Waals surface area contributed by atoms with E-state index in [9.17, 15) is 15.8 Å². The fraction of sp³-hybridized carbons (Fsp3) is 0.109. The minimum Gasteiger partial charge on any atom is -0.333 e. The molecule has 51 heavy (non-hydrogen) atoms. The predicted octanol–water partition coefficient (Wildman–Crippen LogP) is 11.1. The van der Waals surface area contributed by atoms with Crippen molar-refractivity contribution in [2.24, 2.45) is 0 Å². The van der Waals surface area contributed by atoms with Gasteiger partial charge >= 0.3 is 0 Å². The number of allylic oxidation sites excluding steroid dienone is 10. The molecule has 5 heteroatoms. The van der Waals surface area contributed by atoms with Crippen LogP contribution in [0, 0.1) is 34.0 Å². The van der Waals surface area contributed by atoms with Crippen molar-refractivity contribution < 1.29 is 0 Å². The van der Waals surface area contributed by atoms with Crippen LogP contribution >= 0.6 is 0 Å². The van der Waals surface area contributed by atoms with Crippen LogP contribution in [-0.2, 0) is 6.42 Å². The number of nitriles is 3. The van der Waals surface area contributed by atoms with E-state index in [-0.39, 0.29) is 6.04 Å². The monoisotopic (exact) mass is 655 g/mol. The largest absolute Gasteiger partial charge is 0.333 e. The average molecular weight is 656 g/mol. The SMILES string of the molecule is C=C(C#N)/C(=C(\C=C/C)c1cccc(C2=CCC(n3c4ccccc4c4ccc(C#N)cc43)C=C2)c1)n1c2c(c3cc(C#N)ccc31)CCC=C2. The van der Waals surface area contributed by atoms with Gasteiger partial charge in [0.1, 0.15) is 6.07 Å². The average Bonchev–Trinajstić information content (AvgIpc) is 3.69. The third kappa shape index (κ3) is 5.23. The van der Waals surface area contributed by atoms with Gasteiger partial charge in [-0.05, 0) is 97.0 Å². The second kappa shape index (κ2) is 12.9. The molecular weight excluding hydrogens is 623 g/mol. The molecule has 2 aromatic heterocycles. The Bertz CT molecular complexity index is 2730. The maximum atomic E-state index is 10.3. The minimum absolute atomic E-state index is 0.0973. The molecule has 0 bridgehead atoms. The van der Waals surface area contributed by atoms with Crippen LogP contribution < -0.4 is 0 Å². The van der Waals surface area contributed by atoms with Gasteiger partial charge in [-0.15, -0.1) is 0 Å². The predicted molar refractivity (Wildman–Crippen MR) is 208 cm³/mol. The molecule has 2 heterocycles. The van der Waals surface area contributed by atoms with E-state index in [0.29, 0.717) is 16.7 Å². The van der Waals surface area contributed by atoms with Crippen molar-refractivity contribution in [2.75, 3.05) is 0 Å². The summed E-state index contributed by atoms with van der Waals surface area (Å²) in [5, 5.41) is 33.0. The molecule has 0 saturated heterocycles. The molecule has 0 amide bonds. The van der Waals surface area contributed by atoms with Crippen LogP contribution in [0.3, 0.4) is 0 Å². The summed E-state index contributed by atoms with van der Waals surface area (Å²) < 4.78 is 4.51. The molecule has 1 unspecified atom stereocenters. The summed E-state index contributed by atoms with van der Waals surface area (Å²) in [6, 6.07) is 35.7. The zero-order valence-electron chi connectivity index (χ0n) is 28.3. The third-order valence-corrected chi connectivity index (χ3v) is 10.1. The molecule has 242 valence electrons. The number of para-hydroxylation sites is 1. The minimum atomic E-state index is 0.0973. The van der Waals surface area contributed by atoms with Crippen LogP contribution in [0.15, 0.2) is 134 Å². The molecular formula is C46H33N5. The van der Waals surface area contributed by atoms with Gasteiger partial charge in [0.2, 0.25) is 0 Å². The summed E-state index contributed by atoms with van der Waals surface area (Å²) in [5.74, 6) is 0. The summed E-state index contributed by atoms with van der Waals surface area (Å²) >= 11 is 0. The number of fused-ring (bicyclic) bond motifs is 6. The summed E-state index contributed by atoms with van der Waals surface area (Å²) in [6.07, 6.45) is 17.7. The van der Waals surface area contributed by atoms with Crippen molar-refractivity contribution in [1.82, 2.24) is 9.13 Å². The smallest absolute Gasteiger partial charge is 0.101 e. The van der Waals surface area contributed by atoms with Gasteiger partial charge in [0, 0.05) is 32.9 Å². The Kier molecular flexibility index (Phi) is 7.92. The third-order valence-electron chi connectivity index (χ3n) is 10.1. The van der Waals surface area contributed by atoms with Crippen molar-refractivity contribution in [3.8, 4) is 18.2 Å². The van der Waals surface area contributed by atoms with Crippen molar-refractivity contribution >= 4 is 55.6 Å². The van der Waals surface area contributed by atoms with E-state index in [0.717, 1.165) is 80.2 Å². The number of nitrogens with zero attached hydrogens (tertiary/aromatic N) is 5. The first kappa shape index (κ1) is 31.4. The maximum Gasteiger partial charge on any atom is 0.101 e. The van der Waals surface area contributed by atoms with Gasteiger partial charge in [-0.1, -0.05) is 85.5 Å². The van der Waals surface area contributed by atoms with Gasteiger partial charge in [0.15, 0.2) is 0 Å². The van der Waals surface area contributed by atoms with Gasteiger partial charge in [-0.3, -0.25) is 0 Å². The maximum absolute atomic E-state index is 10.3. The molecule has 0 radical (unpaired) electrons. The van der Waals surface area contributed by atoms with Crippen LogP contribution in [0.25, 0.3) is 55.6 Å². The number of benzene rings is 4. The van der Waals surface area contributed by atoms with Crippen LogP contribution in [0.5, 0.6) is 0 Å². The molecule has 4 aromatic carbocycles. The number of hydrogen-bond acceptors (Lipinski definition) is 3. The first-order valence-electron chi connectivity index (χ1n) is 17.2. The standard InChI is InChI=1S/C46H33N5/c1-3-9-37(46(30(2)27-47)51-43-15-7-5-13-39(43)41-24-31(28-48)17-23-44(41)51)35-11-8-10-34(26-35)33-18-20-36(21-19-33)50-42-14-6-4-12-38(42)40-22-16-32(29-49)25-45(40)50/h3-4,6-12,14-20,22-26,36H,2,5,13,21H2,1H3/b9-3-,46-37-. The topological polar surface area (TPSA) is 81.2 Å². The second-order valence-corrected chi connectivity index (χ2v) is 13.0. The van der Waals surface area contributed by atoms with E-state index >= 15 is 0 Å². The van der Waals surface area contributed by atoms with Crippen molar-refractivity contribution in [3.05, 3.63) is 167 Å². The quantitative estimate of drug-likeness (QED) is 0.132. The Hall–Kier alpha value is -6.87. The fourth-order valence-corrected chi connectivity index (χ4v) is 7.80. The van der Waals surface area contributed by atoms with Gasteiger partial charge in [-0.2, -0.15) is 15.8 Å². The summed E-state index contributed by atoms with van der Waals surface area (Å²) in [5.41, 5.74) is 11.8. The first-order valence-corrected chi connectivity index (χ1v) is 17.2. The lowest BCUT2D eigenvalue weighted by Gasteiger charge is -2.21. The molecule has 0 spiro atoms. The molecule has 6 aromatic rings. The van der Waals surface area contributed by atoms with Crippen LogP contribution in [0.1, 0.15) is 59.3 Å². The molecule has 2 aliphatic rings. The van der Waals surface area contributed by atoms with Gasteiger partial charge in [-0.25, -0.2) is 0 Å². The first-order chi connectivity index (χ1) is 25.0. The number of aryl methyl sites for hydroxylation is 1. The van der Waals surface area contributed by atoms with Crippen LogP contribution in [0.4, 0.5) is 0 Å². The number of hydrogen-bond donors (Lipinski definition) is 0. The Morgan fingerprint density at radius 2 is 1.63 bits per heavy atom. The summed E-state index contributed by atoms with van der Waals surface area (Å²) in [4.78, 5) is 0. The van der Waals surface area contributed by atoms with E-state index < -0.39 is 0 Å². The highest BCUT2D eigenvalue weighted by atomic mass is 15.0. The fourth-order valence-electron chi connectivity index (χ4n) is 7.80. The van der Waals surface area contributed by atoms with E-state index in [4.69, 9.17) is 0 Å². The molecule has 8 rings (SSSR count). The Labute approximate surface area is 297 Å². The van der Waals surface area contributed by atoms with Crippen LogP contribution in [-0.4, -0.2) is 9.13 Å². The Morgan fingerprint density at radius 1 is 0.824 bits per heavy atom. The zero-order valence-corrected chi connectivity index (χ0v) is 28.3. The van der Waals surface area contributed by atoms with Gasteiger partial charge < -0.3 is 9.13 Å². The normalized spacial score (nSPS) is 15.7. The van der Waals surface area contributed by atoms with E-state index in [1.165, 1.54) is 10.9 Å².